The summed E-state index contributed by atoms with van der Waals surface area (Å²) in [4.78, 5) is 47.0. The van der Waals surface area contributed by atoms with Gasteiger partial charge in [0, 0.05) is 19.9 Å². The molecule has 0 aromatic heterocycles. The maximum Gasteiger partial charge on any atom is 0.413 e. The molecule has 0 aromatic rings. The molecule has 1 rings (SSSR count). The molecule has 0 radical (unpaired) electrons. The van der Waals surface area contributed by atoms with Gasteiger partial charge in [0.05, 0.1) is 6.04 Å². The number of hydrogen-bond acceptors (Lipinski definition) is 6. The molecule has 8 nitrogen and oxygen atoms in total. The van der Waals surface area contributed by atoms with Crippen molar-refractivity contribution in [3.05, 3.63) is 0 Å². The van der Waals surface area contributed by atoms with Gasteiger partial charge < -0.3 is 19.7 Å². The minimum atomic E-state index is -0.717. The quantitative estimate of drug-likeness (QED) is 0.569. The van der Waals surface area contributed by atoms with Gasteiger partial charge in [-0.2, -0.15) is 0 Å². The van der Waals surface area contributed by atoms with Crippen LogP contribution in [0.1, 0.15) is 39.0 Å². The van der Waals surface area contributed by atoms with Crippen molar-refractivity contribution in [3.63, 3.8) is 0 Å². The fraction of sp³-hybridized carbons (Fsp3) is 0.714. The van der Waals surface area contributed by atoms with Crippen molar-refractivity contribution in [1.29, 1.82) is 0 Å². The van der Waals surface area contributed by atoms with E-state index >= 15 is 0 Å². The number of carbonyl (C=O) groups is 4. The van der Waals surface area contributed by atoms with Crippen molar-refractivity contribution in [1.82, 2.24) is 10.2 Å². The Morgan fingerprint density at radius 3 is 2.64 bits per heavy atom. The first kappa shape index (κ1) is 17.9. The molecular weight excluding hydrogens is 292 g/mol. The fourth-order valence-electron chi connectivity index (χ4n) is 2.10. The molecule has 2 amide bonds. The number of hydrogen-bond donors (Lipinski definition) is 1. The first-order chi connectivity index (χ1) is 10.5. The summed E-state index contributed by atoms with van der Waals surface area (Å²) < 4.78 is 9.45. The maximum absolute atomic E-state index is 11.8. The summed E-state index contributed by atoms with van der Waals surface area (Å²) in [5.74, 6) is -0.958. The molecule has 0 heterocycles. The van der Waals surface area contributed by atoms with Crippen LogP contribution >= 0.6 is 0 Å². The van der Waals surface area contributed by atoms with E-state index in [2.05, 4.69) is 10.1 Å². The van der Waals surface area contributed by atoms with Crippen molar-refractivity contribution in [2.24, 2.45) is 0 Å². The number of nitrogens with one attached hydrogen (secondary N) is 1. The van der Waals surface area contributed by atoms with Crippen molar-refractivity contribution in [3.8, 4) is 0 Å². The van der Waals surface area contributed by atoms with Gasteiger partial charge in [-0.05, 0) is 12.8 Å². The molecule has 22 heavy (non-hydrogen) atoms. The van der Waals surface area contributed by atoms with E-state index in [-0.39, 0.29) is 24.7 Å². The van der Waals surface area contributed by atoms with E-state index in [1.165, 1.54) is 11.9 Å². The van der Waals surface area contributed by atoms with Crippen LogP contribution in [-0.4, -0.2) is 55.1 Å². The SMILES string of the molecule is CCC(=O)NCC(=O)OCOC(=O)N(C)C1CCCCC1=O. The van der Waals surface area contributed by atoms with Gasteiger partial charge in [0.25, 0.3) is 0 Å². The first-order valence-electron chi connectivity index (χ1n) is 7.30. The van der Waals surface area contributed by atoms with Gasteiger partial charge in [0.1, 0.15) is 6.54 Å². The number of ketones is 1. The zero-order chi connectivity index (χ0) is 16.5. The lowest BCUT2D eigenvalue weighted by molar-refractivity contribution is -0.152. The van der Waals surface area contributed by atoms with Crippen LogP contribution in [0.2, 0.25) is 0 Å². The third-order valence-electron chi connectivity index (χ3n) is 3.43. The van der Waals surface area contributed by atoms with Gasteiger partial charge in [-0.15, -0.1) is 0 Å². The summed E-state index contributed by atoms with van der Waals surface area (Å²) in [6, 6.07) is -0.471. The van der Waals surface area contributed by atoms with Gasteiger partial charge in [0.2, 0.25) is 12.7 Å². The fourth-order valence-corrected chi connectivity index (χ4v) is 2.10. The van der Waals surface area contributed by atoms with Crippen molar-refractivity contribution < 1.29 is 28.7 Å². The van der Waals surface area contributed by atoms with E-state index in [1.54, 1.807) is 6.92 Å². The van der Waals surface area contributed by atoms with E-state index < -0.39 is 24.9 Å². The summed E-state index contributed by atoms with van der Waals surface area (Å²) in [6.45, 7) is 0.830. The largest absolute Gasteiger partial charge is 0.426 e. The molecule has 1 unspecified atom stereocenters. The normalized spacial score (nSPS) is 17.5. The number of likely N-dealkylation sites (N-methyl/N-ethyl adjacent to an activating group) is 1. The lowest BCUT2D eigenvalue weighted by atomic mass is 9.93. The Bertz CT molecular complexity index is 437. The monoisotopic (exact) mass is 314 g/mol. The third-order valence-corrected chi connectivity index (χ3v) is 3.43. The van der Waals surface area contributed by atoms with Crippen LogP contribution in [0.15, 0.2) is 0 Å². The van der Waals surface area contributed by atoms with E-state index in [0.717, 1.165) is 12.8 Å². The summed E-state index contributed by atoms with van der Waals surface area (Å²) in [5.41, 5.74) is 0. The molecule has 1 fully saturated rings. The van der Waals surface area contributed by atoms with Gasteiger partial charge in [-0.1, -0.05) is 13.3 Å². The molecule has 1 aliphatic rings. The smallest absolute Gasteiger partial charge is 0.413 e. The van der Waals surface area contributed by atoms with E-state index in [1.807, 2.05) is 0 Å². The Balaban J connectivity index is 2.26. The standard InChI is InChI=1S/C14H22N2O6/c1-3-12(18)15-8-13(19)21-9-22-14(20)16(2)10-6-4-5-7-11(10)17/h10H,3-9H2,1-2H3,(H,15,18). The molecule has 1 aliphatic carbocycles. The molecule has 1 N–H and O–H groups in total. The third kappa shape index (κ3) is 5.71. The zero-order valence-electron chi connectivity index (χ0n) is 12.9. The Kier molecular flexibility index (Phi) is 7.34. The van der Waals surface area contributed by atoms with E-state index in [9.17, 15) is 19.2 Å². The first-order valence-corrected chi connectivity index (χ1v) is 7.30. The lowest BCUT2D eigenvalue weighted by Gasteiger charge is -2.29. The number of amides is 2. The van der Waals surface area contributed by atoms with Gasteiger partial charge in [-0.3, -0.25) is 14.4 Å². The number of esters is 1. The van der Waals surface area contributed by atoms with Crippen LogP contribution in [-0.2, 0) is 23.9 Å². The molecule has 0 spiro atoms. The highest BCUT2D eigenvalue weighted by Crippen LogP contribution is 2.19. The Labute approximate surface area is 129 Å². The number of ether oxygens (including phenoxy) is 2. The number of Topliss-reactive ketones (excluding diaryl/α,β-unsaturated/α-hetero) is 1. The van der Waals surface area contributed by atoms with Gasteiger partial charge in [-0.25, -0.2) is 4.79 Å². The van der Waals surface area contributed by atoms with Crippen LogP contribution in [0.4, 0.5) is 4.79 Å². The second-order valence-corrected chi connectivity index (χ2v) is 5.01. The van der Waals surface area contributed by atoms with Crippen LogP contribution in [0.5, 0.6) is 0 Å². The Hall–Kier alpha value is -2.12. The van der Waals surface area contributed by atoms with Gasteiger partial charge in [0.15, 0.2) is 5.78 Å². The van der Waals surface area contributed by atoms with Crippen LogP contribution < -0.4 is 5.32 Å². The van der Waals surface area contributed by atoms with Crippen LogP contribution in [0.3, 0.4) is 0 Å². The van der Waals surface area contributed by atoms with E-state index in [0.29, 0.717) is 12.8 Å². The molecule has 1 saturated carbocycles. The highest BCUT2D eigenvalue weighted by Gasteiger charge is 2.29. The van der Waals surface area contributed by atoms with E-state index in [4.69, 9.17) is 4.74 Å². The predicted octanol–water partition coefficient (Wildman–Crippen LogP) is 0.593. The summed E-state index contributed by atoms with van der Waals surface area (Å²) in [6.07, 6.45) is 2.37. The highest BCUT2D eigenvalue weighted by atomic mass is 16.7. The molecule has 0 aromatic carbocycles. The lowest BCUT2D eigenvalue weighted by Crippen LogP contribution is -2.44. The second kappa shape index (κ2) is 9.01. The number of rotatable bonds is 6. The molecule has 124 valence electrons. The number of nitrogens with zero attached hydrogens (tertiary/aromatic N) is 1. The molecule has 8 heteroatoms. The minimum Gasteiger partial charge on any atom is -0.426 e. The summed E-state index contributed by atoms with van der Waals surface area (Å²) >= 11 is 0. The number of carbonyl (C=O) groups excluding carboxylic acids is 4. The van der Waals surface area contributed by atoms with Gasteiger partial charge >= 0.3 is 12.1 Å². The Morgan fingerprint density at radius 2 is 2.00 bits per heavy atom. The Morgan fingerprint density at radius 1 is 1.27 bits per heavy atom. The predicted molar refractivity (Wildman–Crippen MR) is 75.8 cm³/mol. The van der Waals surface area contributed by atoms with Crippen molar-refractivity contribution in [2.45, 2.75) is 45.1 Å². The second-order valence-electron chi connectivity index (χ2n) is 5.01. The van der Waals surface area contributed by atoms with Crippen molar-refractivity contribution in [2.75, 3.05) is 20.4 Å². The average molecular weight is 314 g/mol. The van der Waals surface area contributed by atoms with Crippen LogP contribution in [0.25, 0.3) is 0 Å². The highest BCUT2D eigenvalue weighted by molar-refractivity contribution is 5.87. The average Bonchev–Trinajstić information content (AvgIpc) is 2.52. The van der Waals surface area contributed by atoms with Crippen molar-refractivity contribution >= 4 is 23.8 Å². The molecular formula is C14H22N2O6. The molecule has 0 saturated heterocycles. The minimum absolute atomic E-state index is 0.0185. The topological polar surface area (TPSA) is 102 Å². The molecule has 0 aliphatic heterocycles. The van der Waals surface area contributed by atoms with Crippen LogP contribution in [0, 0.1) is 0 Å². The maximum atomic E-state index is 11.8. The summed E-state index contributed by atoms with van der Waals surface area (Å²) in [5, 5.41) is 2.34. The molecule has 1 atom stereocenters. The zero-order valence-corrected chi connectivity index (χ0v) is 12.9. The summed E-state index contributed by atoms with van der Waals surface area (Å²) in [7, 11) is 1.49. The molecule has 0 bridgehead atoms.